The molecule has 4 nitrogen and oxygen atoms in total. The standard InChI is InChI=1S/C15H14ClNO3S/c1-17(11-12-6-3-2-4-7-12)15(18)13-8-5-9-14(10-13)21(16,19)20/h2-10H,11H2,1H3. The summed E-state index contributed by atoms with van der Waals surface area (Å²) in [6.07, 6.45) is 0. The van der Waals surface area contributed by atoms with Crippen molar-refractivity contribution in [3.05, 3.63) is 65.7 Å². The quantitative estimate of drug-likeness (QED) is 0.813. The van der Waals surface area contributed by atoms with Crippen molar-refractivity contribution in [3.8, 4) is 0 Å². The molecule has 110 valence electrons. The third-order valence-electron chi connectivity index (χ3n) is 2.97. The summed E-state index contributed by atoms with van der Waals surface area (Å²) in [6.45, 7) is 0.442. The number of rotatable bonds is 4. The minimum atomic E-state index is -3.84. The predicted octanol–water partition coefficient (Wildman–Crippen LogP) is 2.89. The van der Waals surface area contributed by atoms with Crippen LogP contribution in [0.2, 0.25) is 0 Å². The Morgan fingerprint density at radius 3 is 2.38 bits per heavy atom. The molecule has 0 aliphatic heterocycles. The van der Waals surface area contributed by atoms with Gasteiger partial charge in [0.1, 0.15) is 0 Å². The average molecular weight is 324 g/mol. The Balaban J connectivity index is 2.20. The van der Waals surface area contributed by atoms with Crippen molar-refractivity contribution in [1.82, 2.24) is 4.90 Å². The topological polar surface area (TPSA) is 54.5 Å². The van der Waals surface area contributed by atoms with E-state index in [1.807, 2.05) is 30.3 Å². The van der Waals surface area contributed by atoms with E-state index in [0.717, 1.165) is 5.56 Å². The second-order valence-electron chi connectivity index (χ2n) is 4.61. The Kier molecular flexibility index (Phi) is 4.65. The molecule has 0 aliphatic rings. The number of nitrogens with zero attached hydrogens (tertiary/aromatic N) is 1. The zero-order chi connectivity index (χ0) is 15.5. The molecule has 0 atom stereocenters. The van der Waals surface area contributed by atoms with E-state index in [1.54, 1.807) is 13.1 Å². The van der Waals surface area contributed by atoms with Gasteiger partial charge in [0.2, 0.25) is 0 Å². The van der Waals surface area contributed by atoms with Gasteiger partial charge in [0.05, 0.1) is 4.90 Å². The Bertz CT molecular complexity index is 745. The first-order valence-corrected chi connectivity index (χ1v) is 8.53. The minimum Gasteiger partial charge on any atom is -0.337 e. The summed E-state index contributed by atoms with van der Waals surface area (Å²) in [5.74, 6) is -0.263. The van der Waals surface area contributed by atoms with Crippen molar-refractivity contribution in [3.63, 3.8) is 0 Å². The van der Waals surface area contributed by atoms with E-state index in [4.69, 9.17) is 10.7 Å². The fraction of sp³-hybridized carbons (Fsp3) is 0.133. The SMILES string of the molecule is CN(Cc1ccccc1)C(=O)c1cccc(S(=O)(=O)Cl)c1. The van der Waals surface area contributed by atoms with Crippen molar-refractivity contribution in [2.45, 2.75) is 11.4 Å². The van der Waals surface area contributed by atoms with E-state index in [2.05, 4.69) is 0 Å². The molecule has 0 spiro atoms. The van der Waals surface area contributed by atoms with Gasteiger partial charge in [-0.15, -0.1) is 0 Å². The number of carbonyl (C=O) groups is 1. The van der Waals surface area contributed by atoms with Crippen LogP contribution in [0.15, 0.2) is 59.5 Å². The highest BCUT2D eigenvalue weighted by Crippen LogP contribution is 2.17. The third kappa shape index (κ3) is 4.06. The van der Waals surface area contributed by atoms with Gasteiger partial charge in [0.15, 0.2) is 0 Å². The Hall–Kier alpha value is -1.85. The molecule has 21 heavy (non-hydrogen) atoms. The summed E-state index contributed by atoms with van der Waals surface area (Å²) >= 11 is 0. The van der Waals surface area contributed by atoms with Crippen LogP contribution >= 0.6 is 10.7 Å². The number of hydrogen-bond acceptors (Lipinski definition) is 3. The van der Waals surface area contributed by atoms with Crippen LogP contribution in [0.5, 0.6) is 0 Å². The van der Waals surface area contributed by atoms with Crippen molar-refractivity contribution in [2.24, 2.45) is 0 Å². The Morgan fingerprint density at radius 2 is 1.76 bits per heavy atom. The first kappa shape index (κ1) is 15.5. The largest absolute Gasteiger partial charge is 0.337 e. The smallest absolute Gasteiger partial charge is 0.261 e. The van der Waals surface area contributed by atoms with Gasteiger partial charge >= 0.3 is 0 Å². The van der Waals surface area contributed by atoms with E-state index in [9.17, 15) is 13.2 Å². The summed E-state index contributed by atoms with van der Waals surface area (Å²) in [5.41, 5.74) is 1.28. The van der Waals surface area contributed by atoms with E-state index in [0.29, 0.717) is 6.54 Å². The number of amides is 1. The molecule has 2 aromatic carbocycles. The molecule has 0 radical (unpaired) electrons. The number of carbonyl (C=O) groups excluding carboxylic acids is 1. The summed E-state index contributed by atoms with van der Waals surface area (Å²) < 4.78 is 22.6. The van der Waals surface area contributed by atoms with E-state index >= 15 is 0 Å². The molecule has 1 amide bonds. The van der Waals surface area contributed by atoms with Crippen molar-refractivity contribution < 1.29 is 13.2 Å². The van der Waals surface area contributed by atoms with E-state index < -0.39 is 9.05 Å². The van der Waals surface area contributed by atoms with Crippen LogP contribution in [0.4, 0.5) is 0 Å². The lowest BCUT2D eigenvalue weighted by Gasteiger charge is -2.17. The van der Waals surface area contributed by atoms with Crippen LogP contribution in [0.1, 0.15) is 15.9 Å². The zero-order valence-electron chi connectivity index (χ0n) is 11.4. The van der Waals surface area contributed by atoms with Gasteiger partial charge in [-0.25, -0.2) is 8.42 Å². The van der Waals surface area contributed by atoms with Crippen LogP contribution in [-0.2, 0) is 15.6 Å². The van der Waals surface area contributed by atoms with Gasteiger partial charge in [-0.2, -0.15) is 0 Å². The molecule has 0 saturated heterocycles. The summed E-state index contributed by atoms with van der Waals surface area (Å²) in [6, 6.07) is 15.2. The van der Waals surface area contributed by atoms with Crippen LogP contribution < -0.4 is 0 Å². The van der Waals surface area contributed by atoms with Gasteiger partial charge in [0.25, 0.3) is 15.0 Å². The monoisotopic (exact) mass is 323 g/mol. The first-order chi connectivity index (χ1) is 9.88. The van der Waals surface area contributed by atoms with Crippen molar-refractivity contribution in [2.75, 3.05) is 7.05 Å². The maximum absolute atomic E-state index is 12.3. The fourth-order valence-electron chi connectivity index (χ4n) is 1.93. The molecule has 0 N–H and O–H groups in total. The lowest BCUT2D eigenvalue weighted by atomic mass is 10.1. The molecular weight excluding hydrogens is 310 g/mol. The van der Waals surface area contributed by atoms with E-state index in [-0.39, 0.29) is 16.4 Å². The molecule has 0 unspecified atom stereocenters. The Labute approximate surface area is 128 Å². The first-order valence-electron chi connectivity index (χ1n) is 6.22. The number of halogens is 1. The molecule has 0 aliphatic carbocycles. The minimum absolute atomic E-state index is 0.0804. The summed E-state index contributed by atoms with van der Waals surface area (Å²) in [5, 5.41) is 0. The lowest BCUT2D eigenvalue weighted by molar-refractivity contribution is 0.0785. The number of benzene rings is 2. The van der Waals surface area contributed by atoms with Gasteiger partial charge in [-0.1, -0.05) is 36.4 Å². The Morgan fingerprint density at radius 1 is 1.10 bits per heavy atom. The van der Waals surface area contributed by atoms with Crippen LogP contribution in [0.25, 0.3) is 0 Å². The lowest BCUT2D eigenvalue weighted by Crippen LogP contribution is -2.26. The van der Waals surface area contributed by atoms with Gasteiger partial charge < -0.3 is 4.90 Å². The zero-order valence-corrected chi connectivity index (χ0v) is 12.9. The molecule has 2 rings (SSSR count). The molecule has 2 aromatic rings. The summed E-state index contributed by atoms with van der Waals surface area (Å²) in [4.78, 5) is 13.8. The van der Waals surface area contributed by atoms with Gasteiger partial charge in [0, 0.05) is 29.8 Å². The second kappa shape index (κ2) is 6.28. The highest BCUT2D eigenvalue weighted by atomic mass is 35.7. The molecule has 0 saturated carbocycles. The van der Waals surface area contributed by atoms with Crippen LogP contribution in [-0.4, -0.2) is 26.3 Å². The molecule has 0 heterocycles. The van der Waals surface area contributed by atoms with Crippen molar-refractivity contribution >= 4 is 25.6 Å². The molecule has 0 bridgehead atoms. The van der Waals surface area contributed by atoms with Crippen molar-refractivity contribution in [1.29, 1.82) is 0 Å². The average Bonchev–Trinajstić information content (AvgIpc) is 2.46. The van der Waals surface area contributed by atoms with Crippen LogP contribution in [0, 0.1) is 0 Å². The maximum Gasteiger partial charge on any atom is 0.261 e. The van der Waals surface area contributed by atoms with Crippen LogP contribution in [0.3, 0.4) is 0 Å². The molecule has 0 fully saturated rings. The normalized spacial score (nSPS) is 11.1. The highest BCUT2D eigenvalue weighted by Gasteiger charge is 2.16. The molecule has 0 aromatic heterocycles. The third-order valence-corrected chi connectivity index (χ3v) is 4.32. The summed E-state index contributed by atoms with van der Waals surface area (Å²) in [7, 11) is 3.11. The second-order valence-corrected chi connectivity index (χ2v) is 7.18. The predicted molar refractivity (Wildman–Crippen MR) is 81.7 cm³/mol. The maximum atomic E-state index is 12.3. The molecular formula is C15H14ClNO3S. The van der Waals surface area contributed by atoms with E-state index in [1.165, 1.54) is 23.1 Å². The number of hydrogen-bond donors (Lipinski definition) is 0. The van der Waals surface area contributed by atoms with Gasteiger partial charge in [-0.05, 0) is 23.8 Å². The van der Waals surface area contributed by atoms with Gasteiger partial charge in [-0.3, -0.25) is 4.79 Å². The fourth-order valence-corrected chi connectivity index (χ4v) is 2.73. The molecule has 6 heteroatoms. The highest BCUT2D eigenvalue weighted by molar-refractivity contribution is 8.13.